The molecule has 4 bridgehead atoms. The lowest BCUT2D eigenvalue weighted by molar-refractivity contribution is -0.0105. The van der Waals surface area contributed by atoms with Gasteiger partial charge in [-0.05, 0) is 105 Å². The minimum Gasteiger partial charge on any atom is -0.369 e. The van der Waals surface area contributed by atoms with E-state index in [1.54, 1.807) is 12.1 Å². The molecule has 3 aromatic rings. The Labute approximate surface area is 217 Å². The van der Waals surface area contributed by atoms with Crippen LogP contribution in [-0.2, 0) is 12.1 Å². The number of nitrogens with zero attached hydrogens (tertiary/aromatic N) is 5. The van der Waals surface area contributed by atoms with E-state index in [0.717, 1.165) is 60.2 Å². The molecule has 0 unspecified atom stereocenters. The van der Waals surface area contributed by atoms with Crippen molar-refractivity contribution in [3.05, 3.63) is 71.0 Å². The molecule has 0 spiro atoms. The molecule has 0 amide bonds. The zero-order chi connectivity index (χ0) is 24.3. The molecule has 5 nitrogen and oxygen atoms in total. The molecule has 2 heterocycles. The first-order valence-electron chi connectivity index (χ1n) is 13.5. The SMILES string of the molecule is Fc1ccc(-n2c(C34CC5CC(CC(C5)C3)C4)nn(CN3CCN(c4ccccc4)CC3)c2=S)cc1. The van der Waals surface area contributed by atoms with Crippen molar-refractivity contribution in [2.75, 3.05) is 31.1 Å². The van der Waals surface area contributed by atoms with Crippen LogP contribution in [0.3, 0.4) is 0 Å². The lowest BCUT2D eigenvalue weighted by atomic mass is 9.49. The monoisotopic (exact) mass is 503 g/mol. The largest absolute Gasteiger partial charge is 0.369 e. The van der Waals surface area contributed by atoms with Crippen LogP contribution in [0.5, 0.6) is 0 Å². The second kappa shape index (κ2) is 8.80. The Balaban J connectivity index is 1.20. The van der Waals surface area contributed by atoms with Crippen molar-refractivity contribution in [2.24, 2.45) is 17.8 Å². The van der Waals surface area contributed by atoms with E-state index in [-0.39, 0.29) is 11.2 Å². The molecule has 188 valence electrons. The molecule has 36 heavy (non-hydrogen) atoms. The van der Waals surface area contributed by atoms with Crippen LogP contribution >= 0.6 is 12.2 Å². The van der Waals surface area contributed by atoms with E-state index in [4.69, 9.17) is 17.3 Å². The zero-order valence-corrected chi connectivity index (χ0v) is 21.5. The van der Waals surface area contributed by atoms with Crippen molar-refractivity contribution in [3.63, 3.8) is 0 Å². The third kappa shape index (κ3) is 3.91. The topological polar surface area (TPSA) is 29.2 Å². The molecule has 5 fully saturated rings. The van der Waals surface area contributed by atoms with Gasteiger partial charge in [0, 0.05) is 43.0 Å². The number of anilines is 1. The average molecular weight is 504 g/mol. The minimum absolute atomic E-state index is 0.105. The van der Waals surface area contributed by atoms with Gasteiger partial charge >= 0.3 is 0 Å². The normalized spacial score (nSPS) is 29.7. The van der Waals surface area contributed by atoms with Crippen LogP contribution in [0.2, 0.25) is 0 Å². The molecule has 2 aromatic carbocycles. The highest BCUT2D eigenvalue weighted by atomic mass is 32.1. The van der Waals surface area contributed by atoms with Gasteiger partial charge in [0.15, 0.2) is 0 Å². The van der Waals surface area contributed by atoms with Crippen LogP contribution in [-0.4, -0.2) is 45.4 Å². The fourth-order valence-corrected chi connectivity index (χ4v) is 8.32. The molecule has 1 saturated heterocycles. The van der Waals surface area contributed by atoms with Crippen molar-refractivity contribution < 1.29 is 4.39 Å². The number of aromatic nitrogens is 3. The van der Waals surface area contributed by atoms with Gasteiger partial charge < -0.3 is 4.90 Å². The van der Waals surface area contributed by atoms with Crippen LogP contribution in [0.15, 0.2) is 54.6 Å². The molecular weight excluding hydrogens is 469 g/mol. The lowest BCUT2D eigenvalue weighted by Crippen LogP contribution is -2.49. The summed E-state index contributed by atoms with van der Waals surface area (Å²) in [4.78, 5) is 4.91. The lowest BCUT2D eigenvalue weighted by Gasteiger charge is -2.56. The zero-order valence-electron chi connectivity index (χ0n) is 20.7. The van der Waals surface area contributed by atoms with E-state index in [1.807, 2.05) is 16.8 Å². The fraction of sp³-hybridized carbons (Fsp3) is 0.517. The summed E-state index contributed by atoms with van der Waals surface area (Å²) in [5.74, 6) is 3.37. The average Bonchev–Trinajstić information content (AvgIpc) is 3.21. The second-order valence-corrected chi connectivity index (χ2v) is 12.1. The Kier molecular flexibility index (Phi) is 5.54. The number of rotatable bonds is 5. The van der Waals surface area contributed by atoms with Crippen molar-refractivity contribution in [1.29, 1.82) is 0 Å². The maximum absolute atomic E-state index is 13.8. The maximum Gasteiger partial charge on any atom is 0.203 e. The van der Waals surface area contributed by atoms with Crippen LogP contribution in [0, 0.1) is 28.3 Å². The quantitative estimate of drug-likeness (QED) is 0.412. The summed E-state index contributed by atoms with van der Waals surface area (Å²) in [5, 5.41) is 5.30. The summed E-state index contributed by atoms with van der Waals surface area (Å²) >= 11 is 6.08. The van der Waals surface area contributed by atoms with E-state index in [9.17, 15) is 4.39 Å². The molecular formula is C29H34FN5S. The summed E-state index contributed by atoms with van der Waals surface area (Å²) in [6.07, 6.45) is 7.85. The summed E-state index contributed by atoms with van der Waals surface area (Å²) in [6.45, 7) is 4.66. The number of hydrogen-bond donors (Lipinski definition) is 0. The number of para-hydroxylation sites is 1. The van der Waals surface area contributed by atoms with Gasteiger partial charge in [0.2, 0.25) is 4.77 Å². The fourth-order valence-electron chi connectivity index (χ4n) is 8.03. The van der Waals surface area contributed by atoms with Gasteiger partial charge in [-0.25, -0.2) is 9.07 Å². The van der Waals surface area contributed by atoms with Crippen molar-refractivity contribution in [2.45, 2.75) is 50.6 Å². The Morgan fingerprint density at radius 3 is 2.03 bits per heavy atom. The van der Waals surface area contributed by atoms with E-state index >= 15 is 0 Å². The van der Waals surface area contributed by atoms with Gasteiger partial charge in [-0.15, -0.1) is 0 Å². The predicted octanol–water partition coefficient (Wildman–Crippen LogP) is 5.79. The van der Waals surface area contributed by atoms with Crippen LogP contribution in [0.25, 0.3) is 5.69 Å². The van der Waals surface area contributed by atoms with E-state index in [0.29, 0.717) is 6.67 Å². The van der Waals surface area contributed by atoms with Gasteiger partial charge in [-0.2, -0.15) is 5.10 Å². The van der Waals surface area contributed by atoms with Gasteiger partial charge in [-0.1, -0.05) is 18.2 Å². The minimum atomic E-state index is -0.217. The van der Waals surface area contributed by atoms with Gasteiger partial charge in [0.1, 0.15) is 11.6 Å². The number of halogens is 1. The van der Waals surface area contributed by atoms with Crippen LogP contribution < -0.4 is 4.90 Å². The molecule has 8 rings (SSSR count). The molecule has 0 N–H and O–H groups in total. The van der Waals surface area contributed by atoms with E-state index in [1.165, 1.54) is 44.2 Å². The highest BCUT2D eigenvalue weighted by Gasteiger charge is 2.54. The predicted molar refractivity (Wildman–Crippen MR) is 142 cm³/mol. The molecule has 5 aliphatic rings. The Hall–Kier alpha value is -2.51. The molecule has 1 aromatic heterocycles. The Morgan fingerprint density at radius 2 is 1.42 bits per heavy atom. The van der Waals surface area contributed by atoms with Crippen molar-refractivity contribution in [3.8, 4) is 5.69 Å². The molecule has 0 radical (unpaired) electrons. The first-order chi connectivity index (χ1) is 17.6. The second-order valence-electron chi connectivity index (χ2n) is 11.7. The van der Waals surface area contributed by atoms with E-state index in [2.05, 4.69) is 44.7 Å². The summed E-state index contributed by atoms with van der Waals surface area (Å²) in [6, 6.07) is 17.5. The third-order valence-corrected chi connectivity index (χ3v) is 9.66. The van der Waals surface area contributed by atoms with E-state index < -0.39 is 0 Å². The van der Waals surface area contributed by atoms with Gasteiger partial charge in [-0.3, -0.25) is 9.47 Å². The Morgan fingerprint density at radius 1 is 0.806 bits per heavy atom. The summed E-state index contributed by atoms with van der Waals surface area (Å²) in [7, 11) is 0. The highest BCUT2D eigenvalue weighted by molar-refractivity contribution is 7.71. The molecule has 4 saturated carbocycles. The van der Waals surface area contributed by atoms with Crippen molar-refractivity contribution >= 4 is 17.9 Å². The highest BCUT2D eigenvalue weighted by Crippen LogP contribution is 2.60. The molecule has 7 heteroatoms. The van der Waals surface area contributed by atoms with Crippen molar-refractivity contribution in [1.82, 2.24) is 19.2 Å². The standard InChI is InChI=1S/C29H34FN5S/c30-24-6-8-26(9-7-24)35-27(29-17-21-14-22(18-29)16-23(15-21)19-29)31-34(28(35)36)20-32-10-12-33(13-11-32)25-4-2-1-3-5-25/h1-9,21-23H,10-20H2. The smallest absolute Gasteiger partial charge is 0.203 e. The third-order valence-electron chi connectivity index (χ3n) is 9.26. The van der Waals surface area contributed by atoms with Gasteiger partial charge in [0.05, 0.1) is 6.67 Å². The molecule has 0 atom stereocenters. The summed E-state index contributed by atoms with van der Waals surface area (Å²) < 4.78 is 18.8. The maximum atomic E-state index is 13.8. The molecule has 4 aliphatic carbocycles. The number of piperazine rings is 1. The van der Waals surface area contributed by atoms with Crippen LogP contribution in [0.4, 0.5) is 10.1 Å². The summed E-state index contributed by atoms with van der Waals surface area (Å²) in [5.41, 5.74) is 2.33. The first kappa shape index (κ1) is 22.7. The number of benzene rings is 2. The van der Waals surface area contributed by atoms with Gasteiger partial charge in [0.25, 0.3) is 0 Å². The van der Waals surface area contributed by atoms with Crippen LogP contribution in [0.1, 0.15) is 44.3 Å². The first-order valence-corrected chi connectivity index (χ1v) is 14.0. The Bertz CT molecular complexity index is 1250. The molecule has 1 aliphatic heterocycles. The number of hydrogen-bond acceptors (Lipinski definition) is 4.